The molecule has 4 rings (SSSR count). The van der Waals surface area contributed by atoms with Crippen molar-refractivity contribution in [2.45, 2.75) is 18.7 Å². The third-order valence-corrected chi connectivity index (χ3v) is 5.44. The average Bonchev–Trinajstić information content (AvgIpc) is 2.68. The molecule has 2 heterocycles. The maximum absolute atomic E-state index is 12.8. The molecule has 1 fully saturated rings. The summed E-state index contributed by atoms with van der Waals surface area (Å²) >= 11 is 12.3. The Morgan fingerprint density at radius 1 is 1.15 bits per heavy atom. The van der Waals surface area contributed by atoms with Crippen molar-refractivity contribution in [3.8, 4) is 0 Å². The molecule has 6 nitrogen and oxygen atoms in total. The molecule has 1 unspecified atom stereocenters. The van der Waals surface area contributed by atoms with Crippen molar-refractivity contribution in [3.63, 3.8) is 0 Å². The molecular weight excluding hydrogens is 389 g/mol. The summed E-state index contributed by atoms with van der Waals surface area (Å²) in [6.07, 6.45) is 0. The van der Waals surface area contributed by atoms with Crippen molar-refractivity contribution in [2.75, 3.05) is 23.3 Å². The van der Waals surface area contributed by atoms with Gasteiger partial charge >= 0.3 is 5.97 Å². The fourth-order valence-electron chi connectivity index (χ4n) is 3.41. The number of carbonyl (C=O) groups is 2. The standard InChI is InChI=1S/C19H17Cl2N3O3/c20-12-6-14-15(7-13(12)21)24-16(18(25)23-14)8-22-9-17(24)19(26)27-10-11-4-2-1-3-5-11/h1-7,16-17,22H,8-10H2,(H,23,25)/t16?,17-/m0/s1. The van der Waals surface area contributed by atoms with E-state index in [1.165, 1.54) is 0 Å². The monoisotopic (exact) mass is 405 g/mol. The van der Waals surface area contributed by atoms with Crippen LogP contribution in [0.25, 0.3) is 0 Å². The molecule has 2 aliphatic rings. The normalized spacial score (nSPS) is 21.1. The first kappa shape index (κ1) is 18.1. The molecule has 2 aliphatic heterocycles. The number of amides is 1. The highest BCUT2D eigenvalue weighted by Crippen LogP contribution is 2.40. The van der Waals surface area contributed by atoms with Crippen molar-refractivity contribution >= 4 is 46.5 Å². The van der Waals surface area contributed by atoms with Crippen LogP contribution in [-0.4, -0.2) is 37.0 Å². The second-order valence-electron chi connectivity index (χ2n) is 6.46. The van der Waals surface area contributed by atoms with Gasteiger partial charge in [0.1, 0.15) is 18.7 Å². The van der Waals surface area contributed by atoms with E-state index in [1.54, 1.807) is 17.0 Å². The lowest BCUT2D eigenvalue weighted by atomic mass is 10.0. The van der Waals surface area contributed by atoms with Gasteiger partial charge in [-0.1, -0.05) is 53.5 Å². The number of ether oxygens (including phenoxy) is 1. The average molecular weight is 406 g/mol. The summed E-state index contributed by atoms with van der Waals surface area (Å²) in [6, 6.07) is 11.6. The smallest absolute Gasteiger partial charge is 0.330 e. The van der Waals surface area contributed by atoms with Crippen LogP contribution in [0.1, 0.15) is 5.56 Å². The van der Waals surface area contributed by atoms with Crippen molar-refractivity contribution in [2.24, 2.45) is 0 Å². The van der Waals surface area contributed by atoms with Gasteiger partial charge in [0, 0.05) is 13.1 Å². The second-order valence-corrected chi connectivity index (χ2v) is 7.28. The van der Waals surface area contributed by atoms with Crippen molar-refractivity contribution in [3.05, 3.63) is 58.1 Å². The van der Waals surface area contributed by atoms with E-state index in [2.05, 4.69) is 10.6 Å². The Morgan fingerprint density at radius 2 is 1.89 bits per heavy atom. The van der Waals surface area contributed by atoms with Crippen LogP contribution in [0.3, 0.4) is 0 Å². The quantitative estimate of drug-likeness (QED) is 0.768. The van der Waals surface area contributed by atoms with E-state index in [-0.39, 0.29) is 12.5 Å². The first-order chi connectivity index (χ1) is 13.0. The molecule has 2 aromatic rings. The van der Waals surface area contributed by atoms with E-state index in [9.17, 15) is 9.59 Å². The van der Waals surface area contributed by atoms with Crippen molar-refractivity contribution in [1.82, 2.24) is 5.32 Å². The van der Waals surface area contributed by atoms with E-state index in [0.29, 0.717) is 34.5 Å². The molecule has 0 saturated carbocycles. The summed E-state index contributed by atoms with van der Waals surface area (Å²) in [7, 11) is 0. The number of anilines is 2. The Bertz CT molecular complexity index is 891. The number of fused-ring (bicyclic) bond motifs is 3. The molecule has 1 saturated heterocycles. The molecule has 0 radical (unpaired) electrons. The predicted octanol–water partition coefficient (Wildman–Crippen LogP) is 2.84. The van der Waals surface area contributed by atoms with Gasteiger partial charge in [-0.25, -0.2) is 4.79 Å². The van der Waals surface area contributed by atoms with Gasteiger partial charge in [-0.2, -0.15) is 0 Å². The molecule has 0 aliphatic carbocycles. The number of hydrogen-bond donors (Lipinski definition) is 2. The van der Waals surface area contributed by atoms with E-state index in [1.807, 2.05) is 30.3 Å². The lowest BCUT2D eigenvalue weighted by Crippen LogP contribution is -2.65. The molecule has 8 heteroatoms. The second kappa shape index (κ2) is 7.38. The third-order valence-electron chi connectivity index (χ3n) is 4.72. The van der Waals surface area contributed by atoms with Gasteiger partial charge in [0.05, 0.1) is 21.4 Å². The minimum absolute atomic E-state index is 0.176. The molecule has 2 N–H and O–H groups in total. The van der Waals surface area contributed by atoms with Gasteiger partial charge in [0.15, 0.2) is 0 Å². The van der Waals surface area contributed by atoms with Crippen molar-refractivity contribution < 1.29 is 14.3 Å². The number of halogens is 2. The summed E-state index contributed by atoms with van der Waals surface area (Å²) in [4.78, 5) is 27.1. The number of esters is 1. The summed E-state index contributed by atoms with van der Waals surface area (Å²) in [5.74, 6) is -0.600. The fourth-order valence-corrected chi connectivity index (χ4v) is 3.73. The topological polar surface area (TPSA) is 70.7 Å². The predicted molar refractivity (Wildman–Crippen MR) is 104 cm³/mol. The highest BCUT2D eigenvalue weighted by Gasteiger charge is 2.43. The summed E-state index contributed by atoms with van der Waals surface area (Å²) < 4.78 is 5.51. The number of hydrogen-bond acceptors (Lipinski definition) is 5. The van der Waals surface area contributed by atoms with Gasteiger partial charge in [-0.15, -0.1) is 0 Å². The fraction of sp³-hybridized carbons (Fsp3) is 0.263. The Morgan fingerprint density at radius 3 is 2.67 bits per heavy atom. The molecular formula is C19H17Cl2N3O3. The largest absolute Gasteiger partial charge is 0.459 e. The summed E-state index contributed by atoms with van der Waals surface area (Å²) in [6.45, 7) is 0.972. The van der Waals surface area contributed by atoms with Crippen LogP contribution in [0.2, 0.25) is 10.0 Å². The zero-order valence-corrected chi connectivity index (χ0v) is 15.8. The molecule has 27 heavy (non-hydrogen) atoms. The van der Waals surface area contributed by atoms with E-state index in [4.69, 9.17) is 27.9 Å². The summed E-state index contributed by atoms with van der Waals surface area (Å²) in [5, 5.41) is 6.67. The highest BCUT2D eigenvalue weighted by molar-refractivity contribution is 6.42. The van der Waals surface area contributed by atoms with Crippen LogP contribution >= 0.6 is 23.2 Å². The molecule has 140 valence electrons. The lowest BCUT2D eigenvalue weighted by molar-refractivity contribution is -0.147. The molecule has 0 bridgehead atoms. The van der Waals surface area contributed by atoms with Crippen LogP contribution in [-0.2, 0) is 20.9 Å². The molecule has 2 atom stereocenters. The zero-order valence-electron chi connectivity index (χ0n) is 14.2. The number of carbonyl (C=O) groups excluding carboxylic acids is 2. The maximum atomic E-state index is 12.8. The number of rotatable bonds is 3. The zero-order chi connectivity index (χ0) is 19.0. The van der Waals surface area contributed by atoms with Gasteiger partial charge in [-0.05, 0) is 17.7 Å². The van der Waals surface area contributed by atoms with Crippen LogP contribution < -0.4 is 15.5 Å². The SMILES string of the molecule is O=C1Nc2cc(Cl)c(Cl)cc2N2C1CNC[C@H]2C(=O)OCc1ccccc1. The third kappa shape index (κ3) is 3.48. The molecule has 2 aromatic carbocycles. The van der Waals surface area contributed by atoms with E-state index >= 15 is 0 Å². The molecule has 0 spiro atoms. The van der Waals surface area contributed by atoms with E-state index < -0.39 is 18.1 Å². The van der Waals surface area contributed by atoms with Gasteiger partial charge in [0.25, 0.3) is 0 Å². The number of nitrogens with one attached hydrogen (secondary N) is 2. The van der Waals surface area contributed by atoms with Crippen LogP contribution in [0.4, 0.5) is 11.4 Å². The highest BCUT2D eigenvalue weighted by atomic mass is 35.5. The maximum Gasteiger partial charge on any atom is 0.330 e. The lowest BCUT2D eigenvalue weighted by Gasteiger charge is -2.45. The number of benzene rings is 2. The van der Waals surface area contributed by atoms with Gasteiger partial charge < -0.3 is 20.3 Å². The molecule has 0 aromatic heterocycles. The Hall–Kier alpha value is -2.28. The molecule has 1 amide bonds. The minimum atomic E-state index is -0.644. The van der Waals surface area contributed by atoms with Crippen LogP contribution in [0.5, 0.6) is 0 Å². The number of nitrogens with zero attached hydrogens (tertiary/aromatic N) is 1. The van der Waals surface area contributed by atoms with Gasteiger partial charge in [0.2, 0.25) is 5.91 Å². The summed E-state index contributed by atoms with van der Waals surface area (Å²) in [5.41, 5.74) is 2.10. The first-order valence-electron chi connectivity index (χ1n) is 8.54. The minimum Gasteiger partial charge on any atom is -0.459 e. The Balaban J connectivity index is 1.62. The number of piperazine rings is 1. The first-order valence-corrected chi connectivity index (χ1v) is 9.29. The van der Waals surface area contributed by atoms with Crippen LogP contribution in [0, 0.1) is 0 Å². The van der Waals surface area contributed by atoms with Gasteiger partial charge in [-0.3, -0.25) is 4.79 Å². The Kier molecular flexibility index (Phi) is 4.95. The van der Waals surface area contributed by atoms with E-state index in [0.717, 1.165) is 5.56 Å². The van der Waals surface area contributed by atoms with Crippen molar-refractivity contribution in [1.29, 1.82) is 0 Å². The van der Waals surface area contributed by atoms with Crippen LogP contribution in [0.15, 0.2) is 42.5 Å². The Labute approximate surface area is 166 Å².